The van der Waals surface area contributed by atoms with Crippen LogP contribution in [0.15, 0.2) is 53.4 Å². The van der Waals surface area contributed by atoms with Crippen LogP contribution in [0.5, 0.6) is 11.5 Å². The summed E-state index contributed by atoms with van der Waals surface area (Å²) in [6.07, 6.45) is 0.438. The number of fused-ring (bicyclic) bond motifs is 1. The Hall–Kier alpha value is -2.54. The van der Waals surface area contributed by atoms with Gasteiger partial charge in [-0.05, 0) is 36.8 Å². The lowest BCUT2D eigenvalue weighted by Crippen LogP contribution is -2.31. The van der Waals surface area contributed by atoms with E-state index in [-0.39, 0.29) is 19.2 Å². The molecule has 1 saturated heterocycles. The van der Waals surface area contributed by atoms with Crippen molar-refractivity contribution in [3.8, 4) is 11.5 Å². The van der Waals surface area contributed by atoms with Crippen molar-refractivity contribution in [1.82, 2.24) is 4.90 Å². The van der Waals surface area contributed by atoms with E-state index < -0.39 is 15.1 Å². The quantitative estimate of drug-likeness (QED) is 0.839. The van der Waals surface area contributed by atoms with Gasteiger partial charge in [0.1, 0.15) is 0 Å². The molecule has 7 heteroatoms. The molecule has 4 rings (SSSR count). The number of rotatable bonds is 3. The first-order chi connectivity index (χ1) is 12.1. The Labute approximate surface area is 145 Å². The molecule has 0 N–H and O–H groups in total. The highest BCUT2D eigenvalue weighted by Gasteiger charge is 2.36. The van der Waals surface area contributed by atoms with Crippen molar-refractivity contribution in [1.29, 1.82) is 0 Å². The molecule has 0 unspecified atom stereocenters. The first-order valence-corrected chi connectivity index (χ1v) is 9.58. The Morgan fingerprint density at radius 3 is 2.60 bits per heavy atom. The molecule has 0 saturated carbocycles. The van der Waals surface area contributed by atoms with E-state index in [2.05, 4.69) is 0 Å². The second-order valence-corrected chi connectivity index (χ2v) is 8.32. The molecule has 130 valence electrons. The summed E-state index contributed by atoms with van der Waals surface area (Å²) in [6, 6.07) is 13.4. The fourth-order valence-corrected chi connectivity index (χ4v) is 4.89. The van der Waals surface area contributed by atoms with Crippen LogP contribution in [0.2, 0.25) is 0 Å². The lowest BCUT2D eigenvalue weighted by atomic mass is 10.2. The van der Waals surface area contributed by atoms with Crippen molar-refractivity contribution in [3.05, 3.63) is 54.1 Å². The summed E-state index contributed by atoms with van der Waals surface area (Å²) in [5, 5.41) is -0.576. The van der Waals surface area contributed by atoms with E-state index in [1.807, 2.05) is 0 Å². The van der Waals surface area contributed by atoms with Crippen LogP contribution >= 0.6 is 0 Å². The van der Waals surface area contributed by atoms with Crippen LogP contribution in [-0.2, 0) is 9.84 Å². The molecule has 2 aliphatic rings. The maximum atomic E-state index is 12.7. The molecule has 0 bridgehead atoms. The molecule has 0 aliphatic carbocycles. The number of carbonyl (C=O) groups excluding carboxylic acids is 1. The number of hydrogen-bond acceptors (Lipinski definition) is 5. The molecule has 1 fully saturated rings. The first-order valence-electron chi connectivity index (χ1n) is 8.03. The summed E-state index contributed by atoms with van der Waals surface area (Å²) in [5.41, 5.74) is 0.474. The number of nitrogens with zero attached hydrogens (tertiary/aromatic N) is 1. The third kappa shape index (κ3) is 2.84. The van der Waals surface area contributed by atoms with E-state index >= 15 is 0 Å². The van der Waals surface area contributed by atoms with Gasteiger partial charge in [0.25, 0.3) is 5.91 Å². The van der Waals surface area contributed by atoms with Gasteiger partial charge in [0, 0.05) is 18.7 Å². The molecule has 1 atom stereocenters. The van der Waals surface area contributed by atoms with Crippen LogP contribution in [0.3, 0.4) is 0 Å². The molecule has 2 aromatic rings. The Morgan fingerprint density at radius 2 is 1.80 bits per heavy atom. The average molecular weight is 359 g/mol. The second-order valence-electron chi connectivity index (χ2n) is 6.09. The third-order valence-corrected chi connectivity index (χ3v) is 6.75. The smallest absolute Gasteiger partial charge is 0.254 e. The predicted octanol–water partition coefficient (Wildman–Crippen LogP) is 2.10. The minimum Gasteiger partial charge on any atom is -0.454 e. The van der Waals surface area contributed by atoms with Gasteiger partial charge < -0.3 is 14.4 Å². The molecule has 2 heterocycles. The maximum absolute atomic E-state index is 12.7. The van der Waals surface area contributed by atoms with E-state index in [9.17, 15) is 13.2 Å². The van der Waals surface area contributed by atoms with Crippen molar-refractivity contribution in [3.63, 3.8) is 0 Å². The summed E-state index contributed by atoms with van der Waals surface area (Å²) in [4.78, 5) is 14.6. The van der Waals surface area contributed by atoms with Crippen LogP contribution in [-0.4, -0.2) is 44.4 Å². The summed E-state index contributed by atoms with van der Waals surface area (Å²) >= 11 is 0. The van der Waals surface area contributed by atoms with Gasteiger partial charge in [0.05, 0.1) is 10.1 Å². The molecule has 2 aromatic carbocycles. The van der Waals surface area contributed by atoms with E-state index in [1.54, 1.807) is 53.4 Å². The predicted molar refractivity (Wildman–Crippen MR) is 90.5 cm³/mol. The minimum atomic E-state index is -3.44. The number of benzene rings is 2. The number of hydrogen-bond donors (Lipinski definition) is 0. The van der Waals surface area contributed by atoms with Crippen molar-refractivity contribution in [2.45, 2.75) is 16.6 Å². The van der Waals surface area contributed by atoms with E-state index in [4.69, 9.17) is 9.47 Å². The van der Waals surface area contributed by atoms with Gasteiger partial charge in [-0.25, -0.2) is 8.42 Å². The first kappa shape index (κ1) is 16.0. The second kappa shape index (κ2) is 6.07. The largest absolute Gasteiger partial charge is 0.454 e. The van der Waals surface area contributed by atoms with E-state index in [0.29, 0.717) is 34.9 Å². The molecule has 6 nitrogen and oxygen atoms in total. The Balaban J connectivity index is 1.52. The fraction of sp³-hybridized carbons (Fsp3) is 0.278. The van der Waals surface area contributed by atoms with Crippen molar-refractivity contribution < 1.29 is 22.7 Å². The summed E-state index contributed by atoms with van der Waals surface area (Å²) < 4.78 is 36.0. The van der Waals surface area contributed by atoms with Gasteiger partial charge in [-0.2, -0.15) is 0 Å². The van der Waals surface area contributed by atoms with E-state index in [0.717, 1.165) is 0 Å². The van der Waals surface area contributed by atoms with Crippen LogP contribution in [0.4, 0.5) is 0 Å². The fourth-order valence-electron chi connectivity index (χ4n) is 3.18. The highest BCUT2D eigenvalue weighted by Crippen LogP contribution is 2.33. The lowest BCUT2D eigenvalue weighted by molar-refractivity contribution is 0.0792. The number of likely N-dealkylation sites (tertiary alicyclic amines) is 1. The molecule has 0 spiro atoms. The molecular formula is C18H17NO5S. The topological polar surface area (TPSA) is 72.9 Å². The standard InChI is InChI=1S/C18H17NO5S/c20-18(13-6-7-16-17(10-13)24-12-23-16)19-9-8-15(11-19)25(21,22)14-4-2-1-3-5-14/h1-7,10,15H,8-9,11-12H2/t15-/m0/s1. The normalized spacial score (nSPS) is 19.2. The summed E-state index contributed by atoms with van der Waals surface area (Å²) in [6.45, 7) is 0.766. The zero-order chi connectivity index (χ0) is 17.4. The molecule has 0 radical (unpaired) electrons. The number of carbonyl (C=O) groups is 1. The number of sulfone groups is 1. The lowest BCUT2D eigenvalue weighted by Gasteiger charge is -2.17. The maximum Gasteiger partial charge on any atom is 0.254 e. The van der Waals surface area contributed by atoms with Crippen LogP contribution in [0.25, 0.3) is 0 Å². The summed E-state index contributed by atoms with van der Waals surface area (Å²) in [7, 11) is -3.44. The van der Waals surface area contributed by atoms with Crippen LogP contribution < -0.4 is 9.47 Å². The van der Waals surface area contributed by atoms with Gasteiger partial charge in [0.15, 0.2) is 21.3 Å². The van der Waals surface area contributed by atoms with Gasteiger partial charge in [-0.15, -0.1) is 0 Å². The molecule has 25 heavy (non-hydrogen) atoms. The average Bonchev–Trinajstić information content (AvgIpc) is 3.31. The summed E-state index contributed by atoms with van der Waals surface area (Å²) in [5.74, 6) is 0.963. The third-order valence-electron chi connectivity index (χ3n) is 4.56. The van der Waals surface area contributed by atoms with Gasteiger partial charge >= 0.3 is 0 Å². The van der Waals surface area contributed by atoms with E-state index in [1.165, 1.54) is 0 Å². The molecule has 1 amide bonds. The molecule has 2 aliphatic heterocycles. The number of ether oxygens (including phenoxy) is 2. The Morgan fingerprint density at radius 1 is 1.04 bits per heavy atom. The van der Waals surface area contributed by atoms with Crippen LogP contribution in [0, 0.1) is 0 Å². The SMILES string of the molecule is O=C(c1ccc2c(c1)OCO2)N1CC[C@H](S(=O)(=O)c2ccccc2)C1. The van der Waals surface area contributed by atoms with Crippen molar-refractivity contribution in [2.75, 3.05) is 19.9 Å². The Kier molecular flexibility index (Phi) is 3.88. The minimum absolute atomic E-state index is 0.147. The van der Waals surface area contributed by atoms with Crippen molar-refractivity contribution >= 4 is 15.7 Å². The zero-order valence-electron chi connectivity index (χ0n) is 13.4. The molecule has 0 aromatic heterocycles. The van der Waals surface area contributed by atoms with Crippen molar-refractivity contribution in [2.24, 2.45) is 0 Å². The highest BCUT2D eigenvalue weighted by molar-refractivity contribution is 7.92. The Bertz CT molecular complexity index is 910. The highest BCUT2D eigenvalue weighted by atomic mass is 32.2. The van der Waals surface area contributed by atoms with Gasteiger partial charge in [0.2, 0.25) is 6.79 Å². The monoisotopic (exact) mass is 359 g/mol. The van der Waals surface area contributed by atoms with Gasteiger partial charge in [-0.3, -0.25) is 4.79 Å². The number of amides is 1. The molecular weight excluding hydrogens is 342 g/mol. The van der Waals surface area contributed by atoms with Gasteiger partial charge in [-0.1, -0.05) is 18.2 Å². The zero-order valence-corrected chi connectivity index (χ0v) is 14.2. The van der Waals surface area contributed by atoms with Crippen LogP contribution in [0.1, 0.15) is 16.8 Å².